The Morgan fingerprint density at radius 1 is 1.43 bits per heavy atom. The molecule has 1 aliphatic heterocycles. The monoisotopic (exact) mass is 291 g/mol. The molecule has 0 bridgehead atoms. The molecule has 1 saturated heterocycles. The summed E-state index contributed by atoms with van der Waals surface area (Å²) in [7, 11) is 1.64. The molecule has 1 aliphatic rings. The first-order valence-electron chi connectivity index (χ1n) is 7.63. The molecule has 21 heavy (non-hydrogen) atoms. The van der Waals surface area contributed by atoms with Crippen LogP contribution in [0.2, 0.25) is 0 Å². The molecular formula is C17H25NO3. The summed E-state index contributed by atoms with van der Waals surface area (Å²) >= 11 is 0. The maximum atomic E-state index is 12.6. The first kappa shape index (κ1) is 16.0. The van der Waals surface area contributed by atoms with Crippen molar-refractivity contribution in [2.45, 2.75) is 32.7 Å². The molecule has 1 aromatic rings. The van der Waals surface area contributed by atoms with Gasteiger partial charge in [0.15, 0.2) is 0 Å². The van der Waals surface area contributed by atoms with Crippen molar-refractivity contribution in [3.63, 3.8) is 0 Å². The van der Waals surface area contributed by atoms with E-state index in [9.17, 15) is 4.79 Å². The van der Waals surface area contributed by atoms with Crippen LogP contribution in [-0.2, 0) is 16.0 Å². The van der Waals surface area contributed by atoms with Crippen molar-refractivity contribution < 1.29 is 14.3 Å². The summed E-state index contributed by atoms with van der Waals surface area (Å²) in [5.74, 6) is 0.956. The van der Waals surface area contributed by atoms with Gasteiger partial charge in [0, 0.05) is 18.0 Å². The largest absolute Gasteiger partial charge is 0.496 e. The minimum absolute atomic E-state index is 0.0539. The number of hydrogen-bond acceptors (Lipinski definition) is 4. The number of carbonyl (C=O) groups is 1. The van der Waals surface area contributed by atoms with E-state index in [4.69, 9.17) is 9.47 Å². The standard InChI is InChI=1S/C17H25NO3/c1-4-7-18-15-11-21-10-14(15)16(19)9-13-8-12(2)5-6-17(13)20-3/h5-6,8,14-15,18H,4,7,9-11H2,1-3H3. The van der Waals surface area contributed by atoms with E-state index in [1.807, 2.05) is 25.1 Å². The molecule has 0 aromatic heterocycles. The maximum Gasteiger partial charge on any atom is 0.144 e. The molecular weight excluding hydrogens is 266 g/mol. The van der Waals surface area contributed by atoms with Crippen LogP contribution in [0.3, 0.4) is 0 Å². The predicted octanol–water partition coefficient (Wildman–Crippen LogP) is 2.13. The Hall–Kier alpha value is -1.39. The number of carbonyl (C=O) groups excluding carboxylic acids is 1. The van der Waals surface area contributed by atoms with E-state index in [1.165, 1.54) is 0 Å². The summed E-state index contributed by atoms with van der Waals surface area (Å²) in [4.78, 5) is 12.6. The number of nitrogens with one attached hydrogen (secondary N) is 1. The van der Waals surface area contributed by atoms with Gasteiger partial charge >= 0.3 is 0 Å². The zero-order chi connectivity index (χ0) is 15.2. The number of ketones is 1. The average Bonchev–Trinajstić information content (AvgIpc) is 2.94. The molecule has 4 heteroatoms. The molecule has 1 aromatic carbocycles. The summed E-state index contributed by atoms with van der Waals surface area (Å²) in [6, 6.07) is 6.10. The highest BCUT2D eigenvalue weighted by atomic mass is 16.5. The lowest BCUT2D eigenvalue weighted by Crippen LogP contribution is -2.40. The number of methoxy groups -OCH3 is 1. The predicted molar refractivity (Wildman–Crippen MR) is 82.8 cm³/mol. The van der Waals surface area contributed by atoms with Crippen LogP contribution in [0, 0.1) is 12.8 Å². The van der Waals surface area contributed by atoms with E-state index in [-0.39, 0.29) is 17.7 Å². The van der Waals surface area contributed by atoms with Gasteiger partial charge in [0.2, 0.25) is 0 Å². The minimum atomic E-state index is -0.0539. The second-order valence-corrected chi connectivity index (χ2v) is 5.66. The molecule has 0 spiro atoms. The van der Waals surface area contributed by atoms with Crippen LogP contribution in [0.4, 0.5) is 0 Å². The highest BCUT2D eigenvalue weighted by Crippen LogP contribution is 2.23. The van der Waals surface area contributed by atoms with Crippen molar-refractivity contribution in [1.82, 2.24) is 5.32 Å². The van der Waals surface area contributed by atoms with Gasteiger partial charge < -0.3 is 14.8 Å². The number of ether oxygens (including phenoxy) is 2. The normalized spacial score (nSPS) is 21.5. The molecule has 116 valence electrons. The Balaban J connectivity index is 2.05. The molecule has 2 rings (SSSR count). The Bertz CT molecular complexity index is 487. The molecule has 1 N–H and O–H groups in total. The number of hydrogen-bond donors (Lipinski definition) is 1. The Morgan fingerprint density at radius 2 is 2.24 bits per heavy atom. The fourth-order valence-electron chi connectivity index (χ4n) is 2.77. The van der Waals surface area contributed by atoms with E-state index in [0.29, 0.717) is 19.6 Å². The Kier molecular flexibility index (Phi) is 5.76. The van der Waals surface area contributed by atoms with Gasteiger partial charge in [0.25, 0.3) is 0 Å². The van der Waals surface area contributed by atoms with Crippen LogP contribution < -0.4 is 10.1 Å². The van der Waals surface area contributed by atoms with Crippen molar-refractivity contribution in [1.29, 1.82) is 0 Å². The van der Waals surface area contributed by atoms with Crippen molar-refractivity contribution in [3.8, 4) is 5.75 Å². The van der Waals surface area contributed by atoms with Crippen molar-refractivity contribution in [2.24, 2.45) is 5.92 Å². The summed E-state index contributed by atoms with van der Waals surface area (Å²) in [5.41, 5.74) is 2.10. The fourth-order valence-corrected chi connectivity index (χ4v) is 2.77. The maximum absolute atomic E-state index is 12.6. The van der Waals surface area contributed by atoms with E-state index in [1.54, 1.807) is 7.11 Å². The summed E-state index contributed by atoms with van der Waals surface area (Å²) < 4.78 is 10.8. The van der Waals surface area contributed by atoms with Gasteiger partial charge in [-0.15, -0.1) is 0 Å². The van der Waals surface area contributed by atoms with Crippen LogP contribution in [0.5, 0.6) is 5.75 Å². The lowest BCUT2D eigenvalue weighted by atomic mass is 9.93. The number of rotatable bonds is 7. The lowest BCUT2D eigenvalue weighted by Gasteiger charge is -2.18. The van der Waals surface area contributed by atoms with Crippen molar-refractivity contribution in [3.05, 3.63) is 29.3 Å². The van der Waals surface area contributed by atoms with Gasteiger partial charge in [-0.1, -0.05) is 24.6 Å². The molecule has 4 nitrogen and oxygen atoms in total. The van der Waals surface area contributed by atoms with Crippen LogP contribution in [0.25, 0.3) is 0 Å². The molecule has 2 unspecified atom stereocenters. The van der Waals surface area contributed by atoms with Crippen LogP contribution in [-0.4, -0.2) is 38.7 Å². The topological polar surface area (TPSA) is 47.6 Å². The summed E-state index contributed by atoms with van der Waals surface area (Å²) in [5, 5.41) is 3.41. The molecule has 1 heterocycles. The second kappa shape index (κ2) is 7.57. The first-order chi connectivity index (χ1) is 10.2. The SMILES string of the molecule is CCCNC1COCC1C(=O)Cc1cc(C)ccc1OC. The highest BCUT2D eigenvalue weighted by molar-refractivity contribution is 5.85. The molecule has 2 atom stereocenters. The van der Waals surface area contributed by atoms with Gasteiger partial charge in [-0.05, 0) is 26.0 Å². The molecule has 0 saturated carbocycles. The molecule has 1 fully saturated rings. The number of aryl methyl sites for hydroxylation is 1. The summed E-state index contributed by atoms with van der Waals surface area (Å²) in [6.45, 7) is 6.22. The smallest absolute Gasteiger partial charge is 0.144 e. The van der Waals surface area contributed by atoms with E-state index in [2.05, 4.69) is 12.2 Å². The second-order valence-electron chi connectivity index (χ2n) is 5.66. The quantitative estimate of drug-likeness (QED) is 0.836. The van der Waals surface area contributed by atoms with Gasteiger partial charge in [0.05, 0.1) is 26.2 Å². The van der Waals surface area contributed by atoms with Gasteiger partial charge in [0.1, 0.15) is 11.5 Å². The third kappa shape index (κ3) is 4.05. The highest BCUT2D eigenvalue weighted by Gasteiger charge is 2.33. The van der Waals surface area contributed by atoms with E-state index < -0.39 is 0 Å². The zero-order valence-electron chi connectivity index (χ0n) is 13.1. The molecule has 0 radical (unpaired) electrons. The first-order valence-corrected chi connectivity index (χ1v) is 7.63. The third-order valence-electron chi connectivity index (χ3n) is 3.95. The van der Waals surface area contributed by atoms with Crippen molar-refractivity contribution in [2.75, 3.05) is 26.9 Å². The lowest BCUT2D eigenvalue weighted by molar-refractivity contribution is -0.122. The summed E-state index contributed by atoms with van der Waals surface area (Å²) in [6.07, 6.45) is 1.46. The van der Waals surface area contributed by atoms with E-state index >= 15 is 0 Å². The Labute approximate surface area is 126 Å². The van der Waals surface area contributed by atoms with Crippen molar-refractivity contribution >= 4 is 5.78 Å². The van der Waals surface area contributed by atoms with E-state index in [0.717, 1.165) is 29.8 Å². The van der Waals surface area contributed by atoms with Crippen LogP contribution in [0.15, 0.2) is 18.2 Å². The van der Waals surface area contributed by atoms with Gasteiger partial charge in [-0.2, -0.15) is 0 Å². The molecule has 0 aliphatic carbocycles. The van der Waals surface area contributed by atoms with Gasteiger partial charge in [-0.25, -0.2) is 0 Å². The van der Waals surface area contributed by atoms with Crippen LogP contribution >= 0.6 is 0 Å². The Morgan fingerprint density at radius 3 is 2.95 bits per heavy atom. The average molecular weight is 291 g/mol. The van der Waals surface area contributed by atoms with Gasteiger partial charge in [-0.3, -0.25) is 4.79 Å². The third-order valence-corrected chi connectivity index (χ3v) is 3.95. The minimum Gasteiger partial charge on any atom is -0.496 e. The van der Waals surface area contributed by atoms with Crippen LogP contribution in [0.1, 0.15) is 24.5 Å². The number of benzene rings is 1. The molecule has 0 amide bonds. The fraction of sp³-hybridized carbons (Fsp3) is 0.588. The number of Topliss-reactive ketones (excluding diaryl/α,β-unsaturated/α-hetero) is 1. The zero-order valence-corrected chi connectivity index (χ0v) is 13.1.